The number of nitrogens with zero attached hydrogens (tertiary/aromatic N) is 4. The fourth-order valence-corrected chi connectivity index (χ4v) is 4.10. The molecule has 0 unspecified atom stereocenters. The summed E-state index contributed by atoms with van der Waals surface area (Å²) in [6.45, 7) is 3.92. The Bertz CT molecular complexity index is 888. The van der Waals surface area contributed by atoms with Crippen LogP contribution in [-0.4, -0.2) is 31.5 Å². The fraction of sp³-hybridized carbons (Fsp3) is 0.600. The van der Waals surface area contributed by atoms with Crippen molar-refractivity contribution in [1.82, 2.24) is 24.9 Å². The van der Waals surface area contributed by atoms with Crippen molar-refractivity contribution in [3.05, 3.63) is 39.9 Å². The van der Waals surface area contributed by atoms with Crippen molar-refractivity contribution >= 4 is 5.91 Å². The van der Waals surface area contributed by atoms with Crippen molar-refractivity contribution in [2.45, 2.75) is 70.9 Å². The summed E-state index contributed by atoms with van der Waals surface area (Å²) in [7, 11) is 0. The van der Waals surface area contributed by atoms with E-state index < -0.39 is 0 Å². The second-order valence-corrected chi connectivity index (χ2v) is 7.96. The quantitative estimate of drug-likeness (QED) is 0.897. The van der Waals surface area contributed by atoms with Gasteiger partial charge < -0.3 is 5.32 Å². The van der Waals surface area contributed by atoms with Gasteiger partial charge in [0, 0.05) is 23.7 Å². The number of carbonyl (C=O) groups is 1. The van der Waals surface area contributed by atoms with Crippen molar-refractivity contribution in [3.63, 3.8) is 0 Å². The first-order valence-corrected chi connectivity index (χ1v) is 9.95. The van der Waals surface area contributed by atoms with Crippen LogP contribution in [0.15, 0.2) is 23.0 Å². The molecule has 27 heavy (non-hydrogen) atoms. The van der Waals surface area contributed by atoms with Crippen molar-refractivity contribution in [3.8, 4) is 5.82 Å². The lowest BCUT2D eigenvalue weighted by atomic mass is 9.84. The number of aromatic nitrogens is 4. The summed E-state index contributed by atoms with van der Waals surface area (Å²) in [6, 6.07) is 5.59. The molecule has 7 heteroatoms. The zero-order chi connectivity index (χ0) is 19.0. The maximum absolute atomic E-state index is 12.4. The van der Waals surface area contributed by atoms with Crippen LogP contribution >= 0.6 is 0 Å². The normalized spacial score (nSPS) is 23.0. The molecule has 0 saturated heterocycles. The van der Waals surface area contributed by atoms with Gasteiger partial charge >= 0.3 is 0 Å². The SMILES string of the molecule is Cc1cc(C)n(-c2ccc(=O)n(C3CCC(NC(=O)C4CCC4)CC3)n2)n1. The van der Waals surface area contributed by atoms with E-state index in [0.717, 1.165) is 49.9 Å². The smallest absolute Gasteiger partial charge is 0.267 e. The lowest BCUT2D eigenvalue weighted by Gasteiger charge is -2.32. The number of rotatable bonds is 4. The standard InChI is InChI=1S/C20H27N5O2/c1-13-12-14(2)24(22-13)18-10-11-19(26)25(23-18)17-8-6-16(7-9-17)21-20(27)15-4-3-5-15/h10-12,15-17H,3-9H2,1-2H3,(H,21,27). The molecule has 2 saturated carbocycles. The molecule has 2 aliphatic carbocycles. The molecule has 2 aromatic rings. The van der Waals surface area contributed by atoms with E-state index in [2.05, 4.69) is 15.5 Å². The van der Waals surface area contributed by atoms with E-state index >= 15 is 0 Å². The number of hydrogen-bond acceptors (Lipinski definition) is 4. The Morgan fingerprint density at radius 1 is 1.07 bits per heavy atom. The number of hydrogen-bond donors (Lipinski definition) is 1. The minimum absolute atomic E-state index is 0.0753. The monoisotopic (exact) mass is 369 g/mol. The predicted octanol–water partition coefficient (Wildman–Crippen LogP) is 2.45. The highest BCUT2D eigenvalue weighted by Crippen LogP contribution is 2.30. The minimum atomic E-state index is -0.0813. The van der Waals surface area contributed by atoms with Crippen molar-refractivity contribution in [2.75, 3.05) is 0 Å². The first kappa shape index (κ1) is 17.9. The number of amides is 1. The zero-order valence-corrected chi connectivity index (χ0v) is 16.0. The summed E-state index contributed by atoms with van der Waals surface area (Å²) in [5.74, 6) is 1.11. The highest BCUT2D eigenvalue weighted by molar-refractivity contribution is 5.79. The second kappa shape index (κ2) is 7.29. The van der Waals surface area contributed by atoms with Crippen LogP contribution in [0.2, 0.25) is 0 Å². The summed E-state index contributed by atoms with van der Waals surface area (Å²) in [5, 5.41) is 12.3. The van der Waals surface area contributed by atoms with Gasteiger partial charge in [0.2, 0.25) is 5.91 Å². The Balaban J connectivity index is 1.45. The van der Waals surface area contributed by atoms with Gasteiger partial charge in [0.25, 0.3) is 5.56 Å². The van der Waals surface area contributed by atoms with E-state index in [1.54, 1.807) is 21.5 Å². The summed E-state index contributed by atoms with van der Waals surface area (Å²) < 4.78 is 3.38. The third kappa shape index (κ3) is 3.68. The summed E-state index contributed by atoms with van der Waals surface area (Å²) >= 11 is 0. The number of carbonyl (C=O) groups excluding carboxylic acids is 1. The lowest BCUT2D eigenvalue weighted by molar-refractivity contribution is -0.128. The van der Waals surface area contributed by atoms with Crippen molar-refractivity contribution in [2.24, 2.45) is 5.92 Å². The predicted molar refractivity (Wildman–Crippen MR) is 102 cm³/mol. The fourth-order valence-electron chi connectivity index (χ4n) is 4.10. The maximum Gasteiger partial charge on any atom is 0.267 e. The van der Waals surface area contributed by atoms with Crippen LogP contribution in [0, 0.1) is 19.8 Å². The molecule has 0 aliphatic heterocycles. The van der Waals surface area contributed by atoms with Gasteiger partial charge in [0.05, 0.1) is 11.7 Å². The van der Waals surface area contributed by atoms with Gasteiger partial charge in [-0.05, 0) is 64.5 Å². The van der Waals surface area contributed by atoms with E-state index in [1.807, 2.05) is 19.9 Å². The zero-order valence-electron chi connectivity index (χ0n) is 16.0. The number of aryl methyl sites for hydroxylation is 2. The van der Waals surface area contributed by atoms with Gasteiger partial charge in [-0.15, -0.1) is 5.10 Å². The topological polar surface area (TPSA) is 81.8 Å². The second-order valence-electron chi connectivity index (χ2n) is 7.96. The molecular weight excluding hydrogens is 342 g/mol. The van der Waals surface area contributed by atoms with E-state index in [4.69, 9.17) is 0 Å². The number of nitrogens with one attached hydrogen (secondary N) is 1. The average molecular weight is 369 g/mol. The van der Waals surface area contributed by atoms with E-state index in [9.17, 15) is 9.59 Å². The van der Waals surface area contributed by atoms with Crippen LogP contribution in [0.25, 0.3) is 5.82 Å². The summed E-state index contributed by atoms with van der Waals surface area (Å²) in [4.78, 5) is 24.5. The first-order chi connectivity index (χ1) is 13.0. The molecule has 2 aliphatic rings. The maximum atomic E-state index is 12.4. The van der Waals surface area contributed by atoms with Gasteiger partial charge in [-0.2, -0.15) is 5.10 Å². The first-order valence-electron chi connectivity index (χ1n) is 9.95. The molecule has 0 bridgehead atoms. The molecule has 0 aromatic carbocycles. The Labute approximate surface area is 158 Å². The molecule has 2 aromatic heterocycles. The highest BCUT2D eigenvalue weighted by atomic mass is 16.2. The lowest BCUT2D eigenvalue weighted by Crippen LogP contribution is -2.43. The van der Waals surface area contributed by atoms with Crippen LogP contribution in [0.5, 0.6) is 0 Å². The molecule has 0 spiro atoms. The Hall–Kier alpha value is -2.44. The van der Waals surface area contributed by atoms with E-state index in [0.29, 0.717) is 5.82 Å². The summed E-state index contributed by atoms with van der Waals surface area (Å²) in [5.41, 5.74) is 1.84. The molecule has 0 radical (unpaired) electrons. The van der Waals surface area contributed by atoms with Crippen molar-refractivity contribution < 1.29 is 4.79 Å². The Morgan fingerprint density at radius 2 is 1.81 bits per heavy atom. The summed E-state index contributed by atoms with van der Waals surface area (Å²) in [6.07, 6.45) is 6.71. The van der Waals surface area contributed by atoms with Crippen LogP contribution in [0.1, 0.15) is 62.4 Å². The van der Waals surface area contributed by atoms with Crippen LogP contribution in [-0.2, 0) is 4.79 Å². The molecular formula is C20H27N5O2. The highest BCUT2D eigenvalue weighted by Gasteiger charge is 2.29. The molecule has 1 N–H and O–H groups in total. The molecule has 0 atom stereocenters. The third-order valence-electron chi connectivity index (χ3n) is 5.90. The van der Waals surface area contributed by atoms with Crippen molar-refractivity contribution in [1.29, 1.82) is 0 Å². The van der Waals surface area contributed by atoms with Gasteiger partial charge in [-0.1, -0.05) is 6.42 Å². The van der Waals surface area contributed by atoms with Gasteiger partial charge in [-0.3, -0.25) is 9.59 Å². The Morgan fingerprint density at radius 3 is 2.41 bits per heavy atom. The van der Waals surface area contributed by atoms with Crippen LogP contribution in [0.3, 0.4) is 0 Å². The molecule has 1 amide bonds. The van der Waals surface area contributed by atoms with Gasteiger partial charge in [-0.25, -0.2) is 9.36 Å². The van der Waals surface area contributed by atoms with Gasteiger partial charge in [0.15, 0.2) is 5.82 Å². The average Bonchev–Trinajstić information content (AvgIpc) is 2.93. The van der Waals surface area contributed by atoms with E-state index in [-0.39, 0.29) is 29.5 Å². The molecule has 2 fully saturated rings. The molecule has 7 nitrogen and oxygen atoms in total. The molecule has 2 heterocycles. The van der Waals surface area contributed by atoms with E-state index in [1.165, 1.54) is 6.42 Å². The largest absolute Gasteiger partial charge is 0.353 e. The molecule has 144 valence electrons. The van der Waals surface area contributed by atoms with Gasteiger partial charge in [0.1, 0.15) is 0 Å². The minimum Gasteiger partial charge on any atom is -0.353 e. The Kier molecular flexibility index (Phi) is 4.85. The third-order valence-corrected chi connectivity index (χ3v) is 5.90. The van der Waals surface area contributed by atoms with Crippen LogP contribution in [0.4, 0.5) is 0 Å². The molecule has 4 rings (SSSR count). The van der Waals surface area contributed by atoms with Crippen LogP contribution < -0.4 is 10.9 Å².